The Labute approximate surface area is 196 Å². The van der Waals surface area contributed by atoms with Crippen LogP contribution in [0.3, 0.4) is 0 Å². The van der Waals surface area contributed by atoms with Gasteiger partial charge in [-0.3, -0.25) is 9.59 Å². The van der Waals surface area contributed by atoms with E-state index in [0.29, 0.717) is 36.6 Å². The second-order valence-electron chi connectivity index (χ2n) is 10.3. The molecule has 2 fully saturated rings. The van der Waals surface area contributed by atoms with Gasteiger partial charge in [-0.1, -0.05) is 37.0 Å². The maximum Gasteiger partial charge on any atom is 0.256 e. The number of piperidine rings is 1. The first-order chi connectivity index (χ1) is 16.1. The summed E-state index contributed by atoms with van der Waals surface area (Å²) in [5, 5.41) is 0. The molecule has 176 valence electrons. The van der Waals surface area contributed by atoms with Crippen LogP contribution in [0.5, 0.6) is 0 Å². The van der Waals surface area contributed by atoms with Gasteiger partial charge in [0.15, 0.2) is 0 Å². The molecule has 0 atom stereocenters. The van der Waals surface area contributed by atoms with Gasteiger partial charge in [0.25, 0.3) is 11.5 Å². The maximum atomic E-state index is 13.0. The van der Waals surface area contributed by atoms with Gasteiger partial charge in [-0.2, -0.15) is 0 Å². The van der Waals surface area contributed by atoms with E-state index in [2.05, 4.69) is 9.88 Å². The summed E-state index contributed by atoms with van der Waals surface area (Å²) < 4.78 is 0. The minimum atomic E-state index is -0.0685. The van der Waals surface area contributed by atoms with E-state index in [4.69, 9.17) is 4.98 Å². The van der Waals surface area contributed by atoms with Gasteiger partial charge < -0.3 is 14.8 Å². The number of aromatic amines is 1. The van der Waals surface area contributed by atoms with Crippen molar-refractivity contribution in [3.8, 4) is 0 Å². The summed E-state index contributed by atoms with van der Waals surface area (Å²) in [5.41, 5.74) is 3.26. The zero-order valence-corrected chi connectivity index (χ0v) is 19.8. The highest BCUT2D eigenvalue weighted by Gasteiger charge is 2.29. The van der Waals surface area contributed by atoms with Crippen molar-refractivity contribution < 1.29 is 4.79 Å². The number of nitrogens with one attached hydrogen (secondary N) is 1. The predicted octanol–water partition coefficient (Wildman–Crippen LogP) is 4.04. The molecule has 1 saturated carbocycles. The SMILES string of the molecule is Cc1ccc(C(=O)N2CCc3nc(C4CCN(CC5CCCCC5)CC4)[nH]c(=O)c3C2)cc1. The summed E-state index contributed by atoms with van der Waals surface area (Å²) >= 11 is 0. The lowest BCUT2D eigenvalue weighted by Crippen LogP contribution is -2.41. The number of aromatic nitrogens is 2. The number of rotatable bonds is 4. The van der Waals surface area contributed by atoms with E-state index in [9.17, 15) is 9.59 Å². The number of likely N-dealkylation sites (tertiary alicyclic amines) is 1. The van der Waals surface area contributed by atoms with Gasteiger partial charge >= 0.3 is 0 Å². The molecule has 33 heavy (non-hydrogen) atoms. The summed E-state index contributed by atoms with van der Waals surface area (Å²) in [6.45, 7) is 6.39. The second-order valence-corrected chi connectivity index (χ2v) is 10.3. The summed E-state index contributed by atoms with van der Waals surface area (Å²) in [5.74, 6) is 2.05. The van der Waals surface area contributed by atoms with Crippen LogP contribution in [-0.2, 0) is 13.0 Å². The van der Waals surface area contributed by atoms with Crippen molar-refractivity contribution in [1.82, 2.24) is 19.8 Å². The van der Waals surface area contributed by atoms with Gasteiger partial charge in [-0.25, -0.2) is 4.98 Å². The van der Waals surface area contributed by atoms with Crippen molar-refractivity contribution in [2.45, 2.75) is 70.8 Å². The number of nitrogens with zero attached hydrogens (tertiary/aromatic N) is 3. The normalized spacial score (nSPS) is 20.6. The Balaban J connectivity index is 1.22. The molecular weight excluding hydrogens is 412 g/mol. The Morgan fingerprint density at radius 1 is 1.03 bits per heavy atom. The fraction of sp³-hybridized carbons (Fsp3) is 0.593. The molecule has 1 saturated heterocycles. The van der Waals surface area contributed by atoms with Crippen LogP contribution in [0.2, 0.25) is 0 Å². The van der Waals surface area contributed by atoms with E-state index in [0.717, 1.165) is 48.9 Å². The first-order valence-electron chi connectivity index (χ1n) is 12.8. The van der Waals surface area contributed by atoms with Crippen molar-refractivity contribution in [1.29, 1.82) is 0 Å². The number of amides is 1. The molecular formula is C27H36N4O2. The predicted molar refractivity (Wildman–Crippen MR) is 129 cm³/mol. The third-order valence-corrected chi connectivity index (χ3v) is 7.89. The van der Waals surface area contributed by atoms with E-state index < -0.39 is 0 Å². The average Bonchev–Trinajstić information content (AvgIpc) is 2.85. The average molecular weight is 449 g/mol. The lowest BCUT2D eigenvalue weighted by Gasteiger charge is -2.35. The van der Waals surface area contributed by atoms with Gasteiger partial charge in [0.1, 0.15) is 5.82 Å². The summed E-state index contributed by atoms with van der Waals surface area (Å²) in [4.78, 5) is 38.3. The number of hydrogen-bond acceptors (Lipinski definition) is 4. The van der Waals surface area contributed by atoms with Crippen molar-refractivity contribution in [2.75, 3.05) is 26.2 Å². The number of carbonyl (C=O) groups is 1. The quantitative estimate of drug-likeness (QED) is 0.767. The Kier molecular flexibility index (Phi) is 6.63. The fourth-order valence-corrected chi connectivity index (χ4v) is 5.81. The smallest absolute Gasteiger partial charge is 0.256 e. The molecule has 6 heteroatoms. The molecule has 1 amide bonds. The zero-order chi connectivity index (χ0) is 22.8. The number of hydrogen-bond donors (Lipinski definition) is 1. The highest BCUT2D eigenvalue weighted by Crippen LogP contribution is 2.29. The van der Waals surface area contributed by atoms with Crippen LogP contribution in [-0.4, -0.2) is 51.9 Å². The van der Waals surface area contributed by atoms with Gasteiger partial charge in [-0.15, -0.1) is 0 Å². The van der Waals surface area contributed by atoms with Crippen molar-refractivity contribution in [3.63, 3.8) is 0 Å². The molecule has 2 aliphatic heterocycles. The third-order valence-electron chi connectivity index (χ3n) is 7.89. The van der Waals surface area contributed by atoms with Gasteiger partial charge in [0, 0.05) is 31.0 Å². The highest BCUT2D eigenvalue weighted by atomic mass is 16.2. The van der Waals surface area contributed by atoms with Crippen LogP contribution < -0.4 is 5.56 Å². The summed E-state index contributed by atoms with van der Waals surface area (Å²) in [6.07, 6.45) is 9.76. The van der Waals surface area contributed by atoms with Crippen LogP contribution in [0.15, 0.2) is 29.1 Å². The number of fused-ring (bicyclic) bond motifs is 1. The van der Waals surface area contributed by atoms with Crippen molar-refractivity contribution >= 4 is 5.91 Å². The molecule has 1 N–H and O–H groups in total. The molecule has 0 spiro atoms. The van der Waals surface area contributed by atoms with Crippen LogP contribution >= 0.6 is 0 Å². The fourth-order valence-electron chi connectivity index (χ4n) is 5.81. The first kappa shape index (κ1) is 22.3. The first-order valence-corrected chi connectivity index (χ1v) is 12.8. The molecule has 1 aromatic heterocycles. The number of benzene rings is 1. The molecule has 3 heterocycles. The molecule has 3 aliphatic rings. The van der Waals surface area contributed by atoms with Gasteiger partial charge in [-0.05, 0) is 63.7 Å². The third kappa shape index (κ3) is 5.06. The zero-order valence-electron chi connectivity index (χ0n) is 19.8. The lowest BCUT2D eigenvalue weighted by atomic mass is 9.87. The molecule has 6 nitrogen and oxygen atoms in total. The van der Waals surface area contributed by atoms with E-state index in [1.54, 1.807) is 4.90 Å². The molecule has 1 aromatic carbocycles. The maximum absolute atomic E-state index is 13.0. The van der Waals surface area contributed by atoms with E-state index in [1.807, 2.05) is 31.2 Å². The number of H-pyrrole nitrogens is 1. The largest absolute Gasteiger partial charge is 0.334 e. The van der Waals surface area contributed by atoms with E-state index >= 15 is 0 Å². The van der Waals surface area contributed by atoms with Crippen molar-refractivity contribution in [2.24, 2.45) is 5.92 Å². The van der Waals surface area contributed by atoms with Crippen molar-refractivity contribution in [3.05, 3.63) is 62.8 Å². The minimum Gasteiger partial charge on any atom is -0.334 e. The monoisotopic (exact) mass is 448 g/mol. The molecule has 0 unspecified atom stereocenters. The molecule has 0 bridgehead atoms. The van der Waals surface area contributed by atoms with Crippen LogP contribution in [0.1, 0.15) is 83.9 Å². The molecule has 2 aromatic rings. The molecule has 1 aliphatic carbocycles. The Morgan fingerprint density at radius 3 is 2.48 bits per heavy atom. The van der Waals surface area contributed by atoms with Gasteiger partial charge in [0.2, 0.25) is 0 Å². The molecule has 5 rings (SSSR count). The standard InChI is InChI=1S/C27H36N4O2/c1-19-7-9-22(10-8-19)27(33)31-16-13-24-23(18-31)26(32)29-25(28-24)21-11-14-30(15-12-21)17-20-5-3-2-4-6-20/h7-10,20-21H,2-6,11-18H2,1H3,(H,28,29,32). The Hall–Kier alpha value is -2.47. The van der Waals surface area contributed by atoms with Gasteiger partial charge in [0.05, 0.1) is 17.8 Å². The Morgan fingerprint density at radius 2 is 1.76 bits per heavy atom. The topological polar surface area (TPSA) is 69.3 Å². The Bertz CT molecular complexity index is 1030. The summed E-state index contributed by atoms with van der Waals surface area (Å²) in [7, 11) is 0. The lowest BCUT2D eigenvalue weighted by molar-refractivity contribution is 0.0732. The van der Waals surface area contributed by atoms with Crippen LogP contribution in [0.25, 0.3) is 0 Å². The second kappa shape index (κ2) is 9.80. The number of carbonyl (C=O) groups excluding carboxylic acids is 1. The van der Waals surface area contributed by atoms with E-state index in [-0.39, 0.29) is 11.5 Å². The number of aryl methyl sites for hydroxylation is 1. The van der Waals surface area contributed by atoms with E-state index in [1.165, 1.54) is 38.6 Å². The molecule has 0 radical (unpaired) electrons. The minimum absolute atomic E-state index is 0.0190. The highest BCUT2D eigenvalue weighted by molar-refractivity contribution is 5.94. The van der Waals surface area contributed by atoms with Crippen LogP contribution in [0, 0.1) is 12.8 Å². The van der Waals surface area contributed by atoms with Crippen LogP contribution in [0.4, 0.5) is 0 Å². The summed E-state index contributed by atoms with van der Waals surface area (Å²) in [6, 6.07) is 7.62.